The van der Waals surface area contributed by atoms with E-state index in [9.17, 15) is 5.26 Å². The largest absolute Gasteiger partial charge is 0.380 e. The number of hydrogen-bond acceptors (Lipinski definition) is 7. The van der Waals surface area contributed by atoms with E-state index in [2.05, 4.69) is 31.6 Å². The molecule has 0 aliphatic rings. The third kappa shape index (κ3) is 2.56. The van der Waals surface area contributed by atoms with Crippen LogP contribution in [0, 0.1) is 18.3 Å². The van der Waals surface area contributed by atoms with Crippen molar-refractivity contribution < 1.29 is 0 Å². The number of aryl methyl sites for hydroxylation is 1. The molecule has 5 aromatic rings. The second kappa shape index (κ2) is 6.35. The molecule has 0 unspecified atom stereocenters. The van der Waals surface area contributed by atoms with Gasteiger partial charge in [0.25, 0.3) is 0 Å². The van der Waals surface area contributed by atoms with Gasteiger partial charge in [0, 0.05) is 22.7 Å². The summed E-state index contributed by atoms with van der Waals surface area (Å²) in [7, 11) is 0. The lowest BCUT2D eigenvalue weighted by Crippen LogP contribution is -2.06. The van der Waals surface area contributed by atoms with E-state index in [4.69, 9.17) is 5.73 Å². The second-order valence-electron chi connectivity index (χ2n) is 6.63. The summed E-state index contributed by atoms with van der Waals surface area (Å²) in [6.07, 6.45) is 1.79. The number of benzene rings is 2. The fraction of sp³-hybridized carbons (Fsp3) is 0.0476. The van der Waals surface area contributed by atoms with E-state index in [1.807, 2.05) is 49.4 Å². The first-order valence-electron chi connectivity index (χ1n) is 8.90. The Balaban J connectivity index is 1.91. The molecule has 0 aliphatic carbocycles. The number of rotatable bonds is 2. The summed E-state index contributed by atoms with van der Waals surface area (Å²) in [5.74, 6) is 0.195. The number of aromatic nitrogens is 6. The van der Waals surface area contributed by atoms with Gasteiger partial charge in [0.2, 0.25) is 5.65 Å². The molecule has 0 amide bonds. The molecule has 5 rings (SSSR count). The molecule has 0 atom stereocenters. The van der Waals surface area contributed by atoms with Crippen molar-refractivity contribution in [2.75, 3.05) is 5.73 Å². The Bertz CT molecular complexity index is 1440. The highest BCUT2D eigenvalue weighted by Crippen LogP contribution is 2.35. The van der Waals surface area contributed by atoms with Gasteiger partial charge in [-0.1, -0.05) is 24.3 Å². The van der Waals surface area contributed by atoms with Crippen LogP contribution in [0.25, 0.3) is 39.1 Å². The van der Waals surface area contributed by atoms with E-state index >= 15 is 0 Å². The number of nitrogens with zero attached hydrogens (tertiary/aromatic N) is 7. The zero-order valence-electron chi connectivity index (χ0n) is 15.4. The maximum absolute atomic E-state index is 9.60. The predicted molar refractivity (Wildman–Crippen MR) is 109 cm³/mol. The highest BCUT2D eigenvalue weighted by atomic mass is 15.5. The average Bonchev–Trinajstić information content (AvgIpc) is 3.24. The minimum absolute atomic E-state index is 0.195. The van der Waals surface area contributed by atoms with Crippen molar-refractivity contribution in [3.05, 3.63) is 65.9 Å². The highest BCUT2D eigenvalue weighted by Gasteiger charge is 2.20. The Morgan fingerprint density at radius 1 is 1.10 bits per heavy atom. The number of pyridine rings is 1. The first kappa shape index (κ1) is 16.8. The molecule has 8 nitrogen and oxygen atoms in total. The fourth-order valence-corrected chi connectivity index (χ4v) is 3.49. The van der Waals surface area contributed by atoms with Crippen LogP contribution in [0.4, 0.5) is 5.82 Å². The highest BCUT2D eigenvalue weighted by molar-refractivity contribution is 5.91. The molecule has 0 spiro atoms. The molecule has 0 bridgehead atoms. The zero-order chi connectivity index (χ0) is 20.0. The van der Waals surface area contributed by atoms with Gasteiger partial charge in [-0.15, -0.1) is 5.10 Å². The summed E-state index contributed by atoms with van der Waals surface area (Å²) >= 11 is 0. The smallest absolute Gasteiger partial charge is 0.222 e. The van der Waals surface area contributed by atoms with Gasteiger partial charge in [0.05, 0.1) is 17.1 Å². The van der Waals surface area contributed by atoms with Crippen molar-refractivity contribution >= 4 is 22.4 Å². The van der Waals surface area contributed by atoms with Crippen molar-refractivity contribution in [2.45, 2.75) is 6.92 Å². The average molecular weight is 378 g/mol. The zero-order valence-corrected chi connectivity index (χ0v) is 15.4. The summed E-state index contributed by atoms with van der Waals surface area (Å²) in [6, 6.07) is 17.4. The third-order valence-corrected chi connectivity index (χ3v) is 4.90. The van der Waals surface area contributed by atoms with E-state index in [1.165, 1.54) is 0 Å². The molecule has 8 heteroatoms. The number of hydrogen-bond donors (Lipinski definition) is 1. The summed E-state index contributed by atoms with van der Waals surface area (Å²) in [5.41, 5.74) is 11.7. The molecule has 29 heavy (non-hydrogen) atoms. The maximum Gasteiger partial charge on any atom is 0.222 e. The topological polar surface area (TPSA) is 119 Å². The van der Waals surface area contributed by atoms with Gasteiger partial charge in [-0.2, -0.15) is 9.78 Å². The minimum Gasteiger partial charge on any atom is -0.380 e. The van der Waals surface area contributed by atoms with Crippen LogP contribution in [0.5, 0.6) is 0 Å². The van der Waals surface area contributed by atoms with Gasteiger partial charge >= 0.3 is 0 Å². The first-order chi connectivity index (χ1) is 14.2. The van der Waals surface area contributed by atoms with E-state index in [0.717, 1.165) is 22.0 Å². The van der Waals surface area contributed by atoms with Crippen LogP contribution in [-0.2, 0) is 0 Å². The number of nitrogen functional groups attached to an aromatic ring is 1. The SMILES string of the molecule is Cc1ccnc2ccc(-c3c(-c4ccccc4C#N)nc(N)c4nnnn34)cc12. The first-order valence-corrected chi connectivity index (χ1v) is 8.90. The van der Waals surface area contributed by atoms with Gasteiger partial charge in [-0.25, -0.2) is 4.98 Å². The molecular weight excluding hydrogens is 364 g/mol. The fourth-order valence-electron chi connectivity index (χ4n) is 3.49. The molecule has 2 aromatic carbocycles. The van der Waals surface area contributed by atoms with Gasteiger partial charge in [-0.3, -0.25) is 4.98 Å². The molecule has 0 saturated heterocycles. The van der Waals surface area contributed by atoms with E-state index in [0.29, 0.717) is 28.2 Å². The maximum atomic E-state index is 9.60. The number of anilines is 1. The van der Waals surface area contributed by atoms with Gasteiger partial charge in [-0.05, 0) is 47.2 Å². The standard InChI is InChI=1S/C21H14N8/c1-12-8-9-24-17-7-6-13(10-16(12)17)19-18(15-5-3-2-4-14(15)11-22)25-20(23)21-26-27-28-29(19)21/h2-10H,1H3,(H2,23,25). The molecular formula is C21H14N8. The minimum atomic E-state index is 0.195. The van der Waals surface area contributed by atoms with E-state index < -0.39 is 0 Å². The van der Waals surface area contributed by atoms with Crippen molar-refractivity contribution in [3.8, 4) is 28.6 Å². The van der Waals surface area contributed by atoms with E-state index in [1.54, 1.807) is 16.8 Å². The van der Waals surface area contributed by atoms with Crippen LogP contribution < -0.4 is 5.73 Å². The molecule has 3 heterocycles. The van der Waals surface area contributed by atoms with Gasteiger partial charge in [0.15, 0.2) is 5.82 Å². The molecule has 0 fully saturated rings. The number of nitrogens with two attached hydrogens (primary N) is 1. The molecule has 0 saturated carbocycles. The van der Waals surface area contributed by atoms with Crippen LogP contribution in [-0.4, -0.2) is 30.0 Å². The van der Waals surface area contributed by atoms with Crippen LogP contribution in [0.3, 0.4) is 0 Å². The van der Waals surface area contributed by atoms with Gasteiger partial charge in [0.1, 0.15) is 11.4 Å². The lowest BCUT2D eigenvalue weighted by molar-refractivity contribution is 0.827. The molecule has 138 valence electrons. The van der Waals surface area contributed by atoms with Crippen LogP contribution >= 0.6 is 0 Å². The molecule has 0 radical (unpaired) electrons. The quantitative estimate of drug-likeness (QED) is 0.501. The van der Waals surface area contributed by atoms with Crippen molar-refractivity contribution in [3.63, 3.8) is 0 Å². The molecule has 0 aliphatic heterocycles. The summed E-state index contributed by atoms with van der Waals surface area (Å²) in [6.45, 7) is 2.04. The lowest BCUT2D eigenvalue weighted by atomic mass is 9.98. The van der Waals surface area contributed by atoms with Crippen molar-refractivity contribution in [1.82, 2.24) is 30.0 Å². The summed E-state index contributed by atoms with van der Waals surface area (Å²) in [5, 5.41) is 22.5. The van der Waals surface area contributed by atoms with Gasteiger partial charge < -0.3 is 5.73 Å². The monoisotopic (exact) mass is 378 g/mol. The number of nitriles is 1. The van der Waals surface area contributed by atoms with Crippen LogP contribution in [0.1, 0.15) is 11.1 Å². The molecule has 2 N–H and O–H groups in total. The van der Waals surface area contributed by atoms with Crippen LogP contribution in [0.2, 0.25) is 0 Å². The lowest BCUT2D eigenvalue weighted by Gasteiger charge is -2.13. The van der Waals surface area contributed by atoms with Crippen molar-refractivity contribution in [2.24, 2.45) is 0 Å². The Morgan fingerprint density at radius 2 is 1.97 bits per heavy atom. The third-order valence-electron chi connectivity index (χ3n) is 4.90. The number of fused-ring (bicyclic) bond motifs is 2. The normalized spacial score (nSPS) is 11.0. The predicted octanol–water partition coefficient (Wildman–Crippen LogP) is 3.16. The second-order valence-corrected chi connectivity index (χ2v) is 6.63. The molecule has 3 aromatic heterocycles. The Hall–Kier alpha value is -4.38. The van der Waals surface area contributed by atoms with Crippen molar-refractivity contribution in [1.29, 1.82) is 5.26 Å². The Morgan fingerprint density at radius 3 is 2.83 bits per heavy atom. The summed E-state index contributed by atoms with van der Waals surface area (Å²) in [4.78, 5) is 9.00. The van der Waals surface area contributed by atoms with Crippen LogP contribution in [0.15, 0.2) is 54.7 Å². The summed E-state index contributed by atoms with van der Waals surface area (Å²) < 4.78 is 1.57. The number of tetrazole rings is 1. The Labute approximate surface area is 165 Å². The van der Waals surface area contributed by atoms with E-state index in [-0.39, 0.29) is 5.82 Å². The Kier molecular flexibility index (Phi) is 3.67.